The Bertz CT molecular complexity index is 992. The fourth-order valence-corrected chi connectivity index (χ4v) is 3.15. The molecule has 0 aliphatic heterocycles. The summed E-state index contributed by atoms with van der Waals surface area (Å²) in [6.45, 7) is 1.61. The molecule has 0 bridgehead atoms. The van der Waals surface area contributed by atoms with E-state index in [1.165, 1.54) is 6.07 Å². The van der Waals surface area contributed by atoms with Crippen LogP contribution in [0.15, 0.2) is 47.6 Å². The molecule has 1 heterocycles. The van der Waals surface area contributed by atoms with E-state index in [4.69, 9.17) is 0 Å². The van der Waals surface area contributed by atoms with Gasteiger partial charge in [-0.1, -0.05) is 23.9 Å². The van der Waals surface area contributed by atoms with E-state index < -0.39 is 28.6 Å². The highest BCUT2D eigenvalue weighted by molar-refractivity contribution is 8.00. The van der Waals surface area contributed by atoms with Gasteiger partial charge in [0.05, 0.1) is 16.5 Å². The molecule has 0 saturated carbocycles. The third kappa shape index (κ3) is 4.13. The minimum Gasteiger partial charge on any atom is -0.323 e. The maximum atomic E-state index is 13.9. The van der Waals surface area contributed by atoms with Gasteiger partial charge in [0.1, 0.15) is 17.5 Å². The molecule has 27 heavy (non-hydrogen) atoms. The van der Waals surface area contributed by atoms with Crippen molar-refractivity contribution in [1.29, 1.82) is 0 Å². The van der Waals surface area contributed by atoms with Gasteiger partial charge in [-0.05, 0) is 31.2 Å². The molecule has 0 spiro atoms. The molecule has 2 aromatic carbocycles. The topological polar surface area (TPSA) is 59.8 Å². The normalized spacial score (nSPS) is 12.0. The highest BCUT2D eigenvalue weighted by Crippen LogP contribution is 2.27. The fourth-order valence-electron chi connectivity index (χ4n) is 2.33. The van der Waals surface area contributed by atoms with Crippen LogP contribution in [0.1, 0.15) is 6.92 Å². The Kier molecular flexibility index (Phi) is 5.50. The molecule has 0 unspecified atom stereocenters. The monoisotopic (exact) mass is 392 g/mol. The van der Waals surface area contributed by atoms with E-state index in [1.807, 2.05) is 0 Å². The van der Waals surface area contributed by atoms with Gasteiger partial charge in [-0.3, -0.25) is 4.79 Å². The molecule has 1 N–H and O–H groups in total. The number of nitrogens with zero attached hydrogens (tertiary/aromatic N) is 3. The number of halogens is 3. The summed E-state index contributed by atoms with van der Waals surface area (Å²) in [7, 11) is 1.66. The first-order chi connectivity index (χ1) is 12.9. The predicted molar refractivity (Wildman–Crippen MR) is 96.7 cm³/mol. The summed E-state index contributed by atoms with van der Waals surface area (Å²) in [4.78, 5) is 12.3. The first-order valence-electron chi connectivity index (χ1n) is 7.93. The molecular weight excluding hydrogens is 377 g/mol. The molecule has 0 fully saturated rings. The Labute approximate surface area is 157 Å². The third-order valence-corrected chi connectivity index (χ3v) is 4.92. The quantitative estimate of drug-likeness (QED) is 0.667. The first-order valence-corrected chi connectivity index (χ1v) is 8.81. The second-order valence-electron chi connectivity index (χ2n) is 5.72. The van der Waals surface area contributed by atoms with Crippen LogP contribution in [0, 0.1) is 17.5 Å². The molecule has 1 aromatic heterocycles. The van der Waals surface area contributed by atoms with Crippen molar-refractivity contribution in [2.45, 2.75) is 17.3 Å². The SMILES string of the molecule is C[C@@H](Sc1nnc(-c2ccccc2F)n1C)C(=O)Nc1ccc(F)cc1F. The Morgan fingerprint density at radius 1 is 1.11 bits per heavy atom. The Balaban J connectivity index is 1.73. The third-order valence-electron chi connectivity index (χ3n) is 3.79. The lowest BCUT2D eigenvalue weighted by atomic mass is 10.2. The summed E-state index contributed by atoms with van der Waals surface area (Å²) in [6, 6.07) is 9.07. The summed E-state index contributed by atoms with van der Waals surface area (Å²) < 4.78 is 42.1. The lowest BCUT2D eigenvalue weighted by molar-refractivity contribution is -0.115. The predicted octanol–water partition coefficient (Wildman–Crippen LogP) is 4.02. The number of hydrogen-bond acceptors (Lipinski definition) is 4. The van der Waals surface area contributed by atoms with E-state index in [0.29, 0.717) is 22.6 Å². The van der Waals surface area contributed by atoms with E-state index in [0.717, 1.165) is 23.9 Å². The van der Waals surface area contributed by atoms with Crippen LogP contribution < -0.4 is 5.32 Å². The summed E-state index contributed by atoms with van der Waals surface area (Å²) in [5.41, 5.74) is 0.184. The number of thioether (sulfide) groups is 1. The molecular formula is C18H15F3N4OS. The largest absolute Gasteiger partial charge is 0.323 e. The van der Waals surface area contributed by atoms with Gasteiger partial charge in [0.25, 0.3) is 0 Å². The number of hydrogen-bond donors (Lipinski definition) is 1. The van der Waals surface area contributed by atoms with Crippen LogP contribution in [-0.2, 0) is 11.8 Å². The van der Waals surface area contributed by atoms with E-state index in [-0.39, 0.29) is 5.69 Å². The smallest absolute Gasteiger partial charge is 0.237 e. The fraction of sp³-hybridized carbons (Fsp3) is 0.167. The zero-order valence-corrected chi connectivity index (χ0v) is 15.2. The van der Waals surface area contributed by atoms with Crippen molar-refractivity contribution < 1.29 is 18.0 Å². The molecule has 0 saturated heterocycles. The van der Waals surface area contributed by atoms with Crippen LogP contribution in [0.3, 0.4) is 0 Å². The molecule has 3 rings (SSSR count). The van der Waals surface area contributed by atoms with Crippen molar-refractivity contribution in [3.8, 4) is 11.4 Å². The van der Waals surface area contributed by atoms with E-state index in [9.17, 15) is 18.0 Å². The van der Waals surface area contributed by atoms with Crippen molar-refractivity contribution in [1.82, 2.24) is 14.8 Å². The zero-order valence-electron chi connectivity index (χ0n) is 14.4. The Morgan fingerprint density at radius 2 is 1.85 bits per heavy atom. The molecule has 3 aromatic rings. The van der Waals surface area contributed by atoms with E-state index in [2.05, 4.69) is 15.5 Å². The maximum absolute atomic E-state index is 13.9. The number of rotatable bonds is 5. The van der Waals surface area contributed by atoms with Crippen LogP contribution in [-0.4, -0.2) is 25.9 Å². The highest BCUT2D eigenvalue weighted by atomic mass is 32.2. The Hall–Kier alpha value is -2.81. The minimum atomic E-state index is -0.860. The zero-order chi connectivity index (χ0) is 19.6. The average molecular weight is 392 g/mol. The number of aromatic nitrogens is 3. The molecule has 5 nitrogen and oxygen atoms in total. The van der Waals surface area contributed by atoms with Gasteiger partial charge >= 0.3 is 0 Å². The van der Waals surface area contributed by atoms with Gasteiger partial charge in [0.15, 0.2) is 11.0 Å². The number of anilines is 1. The van der Waals surface area contributed by atoms with Gasteiger partial charge in [-0.15, -0.1) is 10.2 Å². The van der Waals surface area contributed by atoms with Gasteiger partial charge < -0.3 is 9.88 Å². The number of amides is 1. The van der Waals surface area contributed by atoms with Gasteiger partial charge in [0, 0.05) is 13.1 Å². The molecule has 1 atom stereocenters. The van der Waals surface area contributed by atoms with Gasteiger partial charge in [0.2, 0.25) is 5.91 Å². The summed E-state index contributed by atoms with van der Waals surface area (Å²) in [5.74, 6) is -2.18. The Morgan fingerprint density at radius 3 is 2.56 bits per heavy atom. The number of benzene rings is 2. The van der Waals surface area contributed by atoms with Gasteiger partial charge in [-0.25, -0.2) is 13.2 Å². The molecule has 0 radical (unpaired) electrons. The molecule has 140 valence electrons. The lowest BCUT2D eigenvalue weighted by Crippen LogP contribution is -2.23. The van der Waals surface area contributed by atoms with Crippen molar-refractivity contribution in [2.24, 2.45) is 7.05 Å². The number of carbonyl (C=O) groups is 1. The van der Waals surface area contributed by atoms with Crippen LogP contribution in [0.25, 0.3) is 11.4 Å². The van der Waals surface area contributed by atoms with E-state index >= 15 is 0 Å². The first kappa shape index (κ1) is 19.0. The van der Waals surface area contributed by atoms with Crippen molar-refractivity contribution >= 4 is 23.4 Å². The summed E-state index contributed by atoms with van der Waals surface area (Å²) in [5, 5.41) is 10.1. The minimum absolute atomic E-state index is 0.112. The summed E-state index contributed by atoms with van der Waals surface area (Å²) in [6.07, 6.45) is 0. The van der Waals surface area contributed by atoms with E-state index in [1.54, 1.807) is 36.7 Å². The molecule has 0 aliphatic carbocycles. The maximum Gasteiger partial charge on any atom is 0.237 e. The standard InChI is InChI=1S/C18H15F3N4OS/c1-10(17(26)22-15-8-7-11(19)9-14(15)21)27-18-24-23-16(25(18)2)12-5-3-4-6-13(12)20/h3-10H,1-2H3,(H,22,26)/t10-/m1/s1. The summed E-state index contributed by atoms with van der Waals surface area (Å²) >= 11 is 1.09. The van der Waals surface area contributed by atoms with Crippen molar-refractivity contribution in [3.63, 3.8) is 0 Å². The highest BCUT2D eigenvalue weighted by Gasteiger charge is 2.21. The van der Waals surface area contributed by atoms with Crippen LogP contribution >= 0.6 is 11.8 Å². The number of nitrogens with one attached hydrogen (secondary N) is 1. The molecule has 9 heteroatoms. The lowest BCUT2D eigenvalue weighted by Gasteiger charge is -2.12. The average Bonchev–Trinajstić information content (AvgIpc) is 2.98. The molecule has 0 aliphatic rings. The molecule has 1 amide bonds. The van der Waals surface area contributed by atoms with Crippen LogP contribution in [0.2, 0.25) is 0 Å². The van der Waals surface area contributed by atoms with Gasteiger partial charge in [-0.2, -0.15) is 0 Å². The second-order valence-corrected chi connectivity index (χ2v) is 7.03. The van der Waals surface area contributed by atoms with Crippen molar-refractivity contribution in [2.75, 3.05) is 5.32 Å². The van der Waals surface area contributed by atoms with Crippen LogP contribution in [0.5, 0.6) is 0 Å². The second kappa shape index (κ2) is 7.83. The number of carbonyl (C=O) groups excluding carboxylic acids is 1. The van der Waals surface area contributed by atoms with Crippen molar-refractivity contribution in [3.05, 3.63) is 59.9 Å². The van der Waals surface area contributed by atoms with Crippen LogP contribution in [0.4, 0.5) is 18.9 Å².